The van der Waals surface area contributed by atoms with E-state index in [9.17, 15) is 14.9 Å². The summed E-state index contributed by atoms with van der Waals surface area (Å²) < 4.78 is 4.59. The maximum atomic E-state index is 11.3. The van der Waals surface area contributed by atoms with E-state index >= 15 is 0 Å². The van der Waals surface area contributed by atoms with Gasteiger partial charge in [-0.3, -0.25) is 20.1 Å². The number of rotatable bonds is 5. The Bertz CT molecular complexity index is 638. The standard InChI is InChI=1S/C14H13N3O4/c1-21-14(18)10-2-3-11(15-8-10)4-5-12-6-7-13(9-16-12)17(19)20/h2-3,6-9H,4-5H2,1H3. The van der Waals surface area contributed by atoms with Crippen molar-refractivity contribution in [3.63, 3.8) is 0 Å². The molecular formula is C14H13N3O4. The molecule has 2 aromatic heterocycles. The molecule has 0 aliphatic rings. The van der Waals surface area contributed by atoms with Crippen LogP contribution in [0.1, 0.15) is 21.7 Å². The molecule has 0 saturated carbocycles. The van der Waals surface area contributed by atoms with Gasteiger partial charge >= 0.3 is 5.97 Å². The zero-order chi connectivity index (χ0) is 15.2. The van der Waals surface area contributed by atoms with E-state index < -0.39 is 10.9 Å². The van der Waals surface area contributed by atoms with Crippen molar-refractivity contribution in [3.05, 3.63) is 63.7 Å². The highest BCUT2D eigenvalue weighted by Gasteiger charge is 2.07. The number of ether oxygens (including phenoxy) is 1. The van der Waals surface area contributed by atoms with Gasteiger partial charge in [0.15, 0.2) is 0 Å². The summed E-state index contributed by atoms with van der Waals surface area (Å²) in [5, 5.41) is 10.5. The van der Waals surface area contributed by atoms with E-state index in [1.54, 1.807) is 18.2 Å². The molecule has 2 aromatic rings. The Balaban J connectivity index is 1.96. The van der Waals surface area contributed by atoms with Crippen LogP contribution in [0.25, 0.3) is 0 Å². The van der Waals surface area contributed by atoms with Gasteiger partial charge in [0.05, 0.1) is 17.6 Å². The fourth-order valence-electron chi connectivity index (χ4n) is 1.74. The molecule has 0 atom stereocenters. The largest absolute Gasteiger partial charge is 0.465 e. The van der Waals surface area contributed by atoms with Crippen LogP contribution in [0, 0.1) is 10.1 Å². The molecule has 0 spiro atoms. The van der Waals surface area contributed by atoms with Crippen LogP contribution in [-0.4, -0.2) is 28.0 Å². The molecule has 0 fully saturated rings. The second-order valence-corrected chi connectivity index (χ2v) is 4.29. The van der Waals surface area contributed by atoms with Crippen LogP contribution in [0.3, 0.4) is 0 Å². The second-order valence-electron chi connectivity index (χ2n) is 4.29. The molecule has 7 heteroatoms. The number of methoxy groups -OCH3 is 1. The molecule has 2 rings (SSSR count). The van der Waals surface area contributed by atoms with Gasteiger partial charge in [-0.1, -0.05) is 0 Å². The normalized spacial score (nSPS) is 10.1. The van der Waals surface area contributed by atoms with Crippen molar-refractivity contribution in [2.24, 2.45) is 0 Å². The van der Waals surface area contributed by atoms with Crippen LogP contribution in [0.5, 0.6) is 0 Å². The average Bonchev–Trinajstić information content (AvgIpc) is 2.53. The topological polar surface area (TPSA) is 95.2 Å². The summed E-state index contributed by atoms with van der Waals surface area (Å²) in [5.41, 5.74) is 1.93. The predicted octanol–water partition coefficient (Wildman–Crippen LogP) is 1.96. The molecule has 0 amide bonds. The van der Waals surface area contributed by atoms with Gasteiger partial charge in [-0.25, -0.2) is 4.79 Å². The van der Waals surface area contributed by atoms with Crippen LogP contribution in [0.15, 0.2) is 36.7 Å². The van der Waals surface area contributed by atoms with Crippen molar-refractivity contribution in [3.8, 4) is 0 Å². The van der Waals surface area contributed by atoms with Gasteiger partial charge in [0, 0.05) is 23.7 Å². The Labute approximate surface area is 120 Å². The minimum atomic E-state index is -0.482. The Kier molecular flexibility index (Phi) is 4.55. The summed E-state index contributed by atoms with van der Waals surface area (Å²) in [6.45, 7) is 0. The lowest BCUT2D eigenvalue weighted by Crippen LogP contribution is -2.03. The Morgan fingerprint density at radius 3 is 2.19 bits per heavy atom. The molecule has 0 bridgehead atoms. The lowest BCUT2D eigenvalue weighted by Gasteiger charge is -2.02. The van der Waals surface area contributed by atoms with E-state index in [1.165, 1.54) is 25.6 Å². The number of pyridine rings is 2. The van der Waals surface area contributed by atoms with Crippen molar-refractivity contribution in [2.45, 2.75) is 12.8 Å². The number of nitrogens with zero attached hydrogens (tertiary/aromatic N) is 3. The molecule has 0 aromatic carbocycles. The molecule has 0 unspecified atom stereocenters. The van der Waals surface area contributed by atoms with Crippen LogP contribution in [-0.2, 0) is 17.6 Å². The molecule has 0 saturated heterocycles. The monoisotopic (exact) mass is 287 g/mol. The summed E-state index contributed by atoms with van der Waals surface area (Å²) in [6.07, 6.45) is 3.95. The van der Waals surface area contributed by atoms with Crippen molar-refractivity contribution < 1.29 is 14.5 Å². The van der Waals surface area contributed by atoms with E-state index in [2.05, 4.69) is 14.7 Å². The third-order valence-corrected chi connectivity index (χ3v) is 2.90. The molecule has 2 heterocycles. The molecule has 21 heavy (non-hydrogen) atoms. The minimum absolute atomic E-state index is 0.0284. The number of aryl methyl sites for hydroxylation is 2. The minimum Gasteiger partial charge on any atom is -0.465 e. The maximum absolute atomic E-state index is 11.3. The summed E-state index contributed by atoms with van der Waals surface area (Å²) in [4.78, 5) is 29.5. The van der Waals surface area contributed by atoms with Crippen LogP contribution in [0.2, 0.25) is 0 Å². The van der Waals surface area contributed by atoms with Gasteiger partial charge < -0.3 is 4.74 Å². The SMILES string of the molecule is COC(=O)c1ccc(CCc2ccc([N+](=O)[O-])cn2)nc1. The fraction of sp³-hybridized carbons (Fsp3) is 0.214. The molecule has 0 radical (unpaired) electrons. The number of aromatic nitrogens is 2. The summed E-state index contributed by atoms with van der Waals surface area (Å²) in [5.74, 6) is -0.425. The number of esters is 1. The Hall–Kier alpha value is -2.83. The molecule has 0 aliphatic heterocycles. The molecule has 108 valence electrons. The van der Waals surface area contributed by atoms with Crippen molar-refractivity contribution >= 4 is 11.7 Å². The van der Waals surface area contributed by atoms with Crippen LogP contribution in [0.4, 0.5) is 5.69 Å². The van der Waals surface area contributed by atoms with Gasteiger partial charge in [-0.15, -0.1) is 0 Å². The van der Waals surface area contributed by atoms with Gasteiger partial charge in [0.25, 0.3) is 5.69 Å². The Morgan fingerprint density at radius 2 is 1.76 bits per heavy atom. The van der Waals surface area contributed by atoms with Gasteiger partial charge in [0.1, 0.15) is 6.20 Å². The first kappa shape index (κ1) is 14.6. The number of hydrogen-bond acceptors (Lipinski definition) is 6. The number of carbonyl (C=O) groups excluding carboxylic acids is 1. The van der Waals surface area contributed by atoms with Crippen LogP contribution >= 0.6 is 0 Å². The summed E-state index contributed by atoms with van der Waals surface area (Å²) >= 11 is 0. The van der Waals surface area contributed by atoms with Gasteiger partial charge in [-0.2, -0.15) is 0 Å². The summed E-state index contributed by atoms with van der Waals surface area (Å²) in [7, 11) is 1.32. The zero-order valence-corrected chi connectivity index (χ0v) is 11.4. The van der Waals surface area contributed by atoms with Gasteiger partial charge in [-0.05, 0) is 31.0 Å². The summed E-state index contributed by atoms with van der Waals surface area (Å²) in [6, 6.07) is 6.45. The quantitative estimate of drug-likeness (QED) is 0.474. The van der Waals surface area contributed by atoms with E-state index in [-0.39, 0.29) is 5.69 Å². The molecule has 0 N–H and O–H groups in total. The van der Waals surface area contributed by atoms with Gasteiger partial charge in [0.2, 0.25) is 0 Å². The second kappa shape index (κ2) is 6.56. The lowest BCUT2D eigenvalue weighted by atomic mass is 10.1. The van der Waals surface area contributed by atoms with E-state index in [0.717, 1.165) is 11.4 Å². The molecule has 0 aliphatic carbocycles. The third-order valence-electron chi connectivity index (χ3n) is 2.90. The Morgan fingerprint density at radius 1 is 1.14 bits per heavy atom. The van der Waals surface area contributed by atoms with Crippen molar-refractivity contribution in [1.29, 1.82) is 0 Å². The molecule has 7 nitrogen and oxygen atoms in total. The van der Waals surface area contributed by atoms with E-state index in [4.69, 9.17) is 0 Å². The predicted molar refractivity (Wildman–Crippen MR) is 73.9 cm³/mol. The smallest absolute Gasteiger partial charge is 0.339 e. The number of hydrogen-bond donors (Lipinski definition) is 0. The third kappa shape index (κ3) is 3.82. The molecular weight excluding hydrogens is 274 g/mol. The fourth-order valence-corrected chi connectivity index (χ4v) is 1.74. The number of nitro groups is 1. The zero-order valence-electron chi connectivity index (χ0n) is 11.4. The first-order valence-corrected chi connectivity index (χ1v) is 6.22. The highest BCUT2D eigenvalue weighted by atomic mass is 16.6. The van der Waals surface area contributed by atoms with Crippen molar-refractivity contribution in [1.82, 2.24) is 9.97 Å². The first-order chi connectivity index (χ1) is 10.1. The highest BCUT2D eigenvalue weighted by Crippen LogP contribution is 2.11. The first-order valence-electron chi connectivity index (χ1n) is 6.22. The van der Waals surface area contributed by atoms with Crippen LogP contribution < -0.4 is 0 Å². The lowest BCUT2D eigenvalue weighted by molar-refractivity contribution is -0.385. The van der Waals surface area contributed by atoms with Crippen molar-refractivity contribution in [2.75, 3.05) is 7.11 Å². The average molecular weight is 287 g/mol. The number of carbonyl (C=O) groups is 1. The van der Waals surface area contributed by atoms with E-state index in [1.807, 2.05) is 0 Å². The maximum Gasteiger partial charge on any atom is 0.339 e. The van der Waals surface area contributed by atoms with E-state index in [0.29, 0.717) is 18.4 Å². The highest BCUT2D eigenvalue weighted by molar-refractivity contribution is 5.88.